The number of benzene rings is 1. The molecule has 10 heteroatoms. The summed E-state index contributed by atoms with van der Waals surface area (Å²) in [5, 5.41) is 2.65. The summed E-state index contributed by atoms with van der Waals surface area (Å²) in [6.45, 7) is 0. The Hall–Kier alpha value is -3.20. The highest BCUT2D eigenvalue weighted by atomic mass is 35.5. The first-order valence-electron chi connectivity index (χ1n) is 7.40. The standard InChI is InChI=1S/C17H10ClF3N4O2/c18-15-6-10(5-14(25-15)11-7-22-9-23-8-11)16(26)24-12-1-3-13(4-2-12)27-17(19,20)21/h1-9H,(H,24,26). The van der Waals surface area contributed by atoms with Crippen LogP contribution in [0.5, 0.6) is 5.75 Å². The second kappa shape index (κ2) is 7.58. The SMILES string of the molecule is O=C(Nc1ccc(OC(F)(F)F)cc1)c1cc(Cl)nc(-c2cncnc2)c1. The van der Waals surface area contributed by atoms with Gasteiger partial charge in [0.05, 0.1) is 5.69 Å². The number of alkyl halides is 3. The van der Waals surface area contributed by atoms with Crippen LogP contribution in [0.2, 0.25) is 5.15 Å². The van der Waals surface area contributed by atoms with Crippen LogP contribution in [0.15, 0.2) is 55.1 Å². The van der Waals surface area contributed by atoms with Crippen molar-refractivity contribution in [2.75, 3.05) is 5.32 Å². The lowest BCUT2D eigenvalue weighted by Gasteiger charge is -2.10. The number of hydrogen-bond donors (Lipinski definition) is 1. The maximum absolute atomic E-state index is 12.4. The highest BCUT2D eigenvalue weighted by molar-refractivity contribution is 6.30. The summed E-state index contributed by atoms with van der Waals surface area (Å²) in [7, 11) is 0. The van der Waals surface area contributed by atoms with Crippen molar-refractivity contribution in [1.82, 2.24) is 15.0 Å². The summed E-state index contributed by atoms with van der Waals surface area (Å²) < 4.78 is 40.3. The number of anilines is 1. The normalized spacial score (nSPS) is 11.1. The molecule has 0 bridgehead atoms. The number of halogens is 4. The van der Waals surface area contributed by atoms with E-state index in [1.54, 1.807) is 0 Å². The third-order valence-corrected chi connectivity index (χ3v) is 3.45. The lowest BCUT2D eigenvalue weighted by atomic mass is 10.1. The minimum Gasteiger partial charge on any atom is -0.406 e. The average molecular weight is 395 g/mol. The zero-order valence-corrected chi connectivity index (χ0v) is 14.1. The first-order valence-corrected chi connectivity index (χ1v) is 7.78. The Labute approximate surface area is 156 Å². The van der Waals surface area contributed by atoms with E-state index in [4.69, 9.17) is 11.6 Å². The Kier molecular flexibility index (Phi) is 5.22. The van der Waals surface area contributed by atoms with Gasteiger partial charge in [0.2, 0.25) is 0 Å². The van der Waals surface area contributed by atoms with E-state index in [2.05, 4.69) is 25.0 Å². The molecule has 1 N–H and O–H groups in total. The quantitative estimate of drug-likeness (QED) is 0.666. The fourth-order valence-electron chi connectivity index (χ4n) is 2.15. The molecule has 1 amide bonds. The van der Waals surface area contributed by atoms with Crippen LogP contribution in [0.1, 0.15) is 10.4 Å². The van der Waals surface area contributed by atoms with Crippen LogP contribution < -0.4 is 10.1 Å². The molecule has 3 rings (SSSR count). The number of pyridine rings is 1. The Morgan fingerprint density at radius 2 is 1.74 bits per heavy atom. The minimum atomic E-state index is -4.78. The summed E-state index contributed by atoms with van der Waals surface area (Å²) in [4.78, 5) is 24.3. The largest absolute Gasteiger partial charge is 0.573 e. The third-order valence-electron chi connectivity index (χ3n) is 3.26. The van der Waals surface area contributed by atoms with Gasteiger partial charge in [0.15, 0.2) is 0 Å². The van der Waals surface area contributed by atoms with Gasteiger partial charge in [-0.15, -0.1) is 13.2 Å². The topological polar surface area (TPSA) is 77.0 Å². The van der Waals surface area contributed by atoms with Crippen molar-refractivity contribution in [1.29, 1.82) is 0 Å². The molecule has 0 unspecified atom stereocenters. The predicted molar refractivity (Wildman–Crippen MR) is 91.4 cm³/mol. The molecule has 3 aromatic rings. The van der Waals surface area contributed by atoms with E-state index in [0.717, 1.165) is 12.1 Å². The van der Waals surface area contributed by atoms with Crippen LogP contribution in [-0.4, -0.2) is 27.2 Å². The number of rotatable bonds is 4. The van der Waals surface area contributed by atoms with Gasteiger partial charge < -0.3 is 10.1 Å². The molecular formula is C17H10ClF3N4O2. The second-order valence-electron chi connectivity index (χ2n) is 5.22. The van der Waals surface area contributed by atoms with Crippen LogP contribution in [0.25, 0.3) is 11.3 Å². The molecule has 0 radical (unpaired) electrons. The number of nitrogens with one attached hydrogen (secondary N) is 1. The fourth-order valence-corrected chi connectivity index (χ4v) is 2.36. The maximum atomic E-state index is 12.4. The molecule has 0 spiro atoms. The smallest absolute Gasteiger partial charge is 0.406 e. The number of amides is 1. The second-order valence-corrected chi connectivity index (χ2v) is 5.60. The van der Waals surface area contributed by atoms with Gasteiger partial charge in [-0.3, -0.25) is 4.79 Å². The first kappa shape index (κ1) is 18.6. The average Bonchev–Trinajstić information content (AvgIpc) is 2.62. The van der Waals surface area contributed by atoms with Crippen molar-refractivity contribution in [2.24, 2.45) is 0 Å². The summed E-state index contributed by atoms with van der Waals surface area (Å²) in [5.41, 5.74) is 1.47. The lowest BCUT2D eigenvalue weighted by molar-refractivity contribution is -0.274. The number of carbonyl (C=O) groups excluding carboxylic acids is 1. The molecule has 138 valence electrons. The van der Waals surface area contributed by atoms with Gasteiger partial charge in [-0.2, -0.15) is 0 Å². The van der Waals surface area contributed by atoms with Crippen molar-refractivity contribution >= 4 is 23.2 Å². The van der Waals surface area contributed by atoms with E-state index in [-0.39, 0.29) is 22.2 Å². The van der Waals surface area contributed by atoms with Crippen LogP contribution in [0, 0.1) is 0 Å². The Balaban J connectivity index is 1.77. The predicted octanol–water partition coefficient (Wildman–Crippen LogP) is 4.34. The van der Waals surface area contributed by atoms with Crippen molar-refractivity contribution in [3.63, 3.8) is 0 Å². The summed E-state index contributed by atoms with van der Waals surface area (Å²) >= 11 is 5.97. The van der Waals surface area contributed by atoms with E-state index in [0.29, 0.717) is 11.3 Å². The molecule has 0 aliphatic rings. The monoisotopic (exact) mass is 394 g/mol. The van der Waals surface area contributed by atoms with E-state index in [9.17, 15) is 18.0 Å². The van der Waals surface area contributed by atoms with E-state index >= 15 is 0 Å². The Morgan fingerprint density at radius 3 is 2.37 bits per heavy atom. The molecular weight excluding hydrogens is 385 g/mol. The zero-order chi connectivity index (χ0) is 19.4. The van der Waals surface area contributed by atoms with E-state index in [1.165, 1.54) is 43.0 Å². The van der Waals surface area contributed by atoms with Gasteiger partial charge >= 0.3 is 6.36 Å². The Bertz CT molecular complexity index is 951. The van der Waals surface area contributed by atoms with Crippen molar-refractivity contribution in [3.8, 4) is 17.0 Å². The number of nitrogens with zero attached hydrogens (tertiary/aromatic N) is 3. The molecule has 0 aliphatic carbocycles. The third kappa shape index (κ3) is 5.14. The van der Waals surface area contributed by atoms with Crippen LogP contribution in [-0.2, 0) is 0 Å². The van der Waals surface area contributed by atoms with Gasteiger partial charge in [-0.25, -0.2) is 15.0 Å². The number of hydrogen-bond acceptors (Lipinski definition) is 5. The fraction of sp³-hybridized carbons (Fsp3) is 0.0588. The molecule has 6 nitrogen and oxygen atoms in total. The lowest BCUT2D eigenvalue weighted by Crippen LogP contribution is -2.17. The minimum absolute atomic E-state index is 0.0930. The van der Waals surface area contributed by atoms with Gasteiger partial charge in [0.1, 0.15) is 17.2 Å². The molecule has 1 aromatic carbocycles. The van der Waals surface area contributed by atoms with Gasteiger partial charge in [0, 0.05) is 29.2 Å². The molecule has 27 heavy (non-hydrogen) atoms. The van der Waals surface area contributed by atoms with Crippen LogP contribution >= 0.6 is 11.6 Å². The summed E-state index contributed by atoms with van der Waals surface area (Å²) in [5.74, 6) is -0.902. The molecule has 0 fully saturated rings. The van der Waals surface area contributed by atoms with Crippen molar-refractivity contribution < 1.29 is 22.7 Å². The molecule has 0 saturated heterocycles. The molecule has 0 aliphatic heterocycles. The first-order chi connectivity index (χ1) is 12.8. The highest BCUT2D eigenvalue weighted by Crippen LogP contribution is 2.25. The van der Waals surface area contributed by atoms with Gasteiger partial charge in [-0.05, 0) is 36.4 Å². The Morgan fingerprint density at radius 1 is 1.07 bits per heavy atom. The van der Waals surface area contributed by atoms with E-state index < -0.39 is 12.3 Å². The summed E-state index contributed by atoms with van der Waals surface area (Å²) in [6.07, 6.45) is -0.386. The number of carbonyl (C=O) groups is 1. The van der Waals surface area contributed by atoms with Gasteiger partial charge in [-0.1, -0.05) is 11.6 Å². The molecule has 2 aromatic heterocycles. The molecule has 0 saturated carbocycles. The number of ether oxygens (including phenoxy) is 1. The van der Waals surface area contributed by atoms with Crippen LogP contribution in [0.3, 0.4) is 0 Å². The number of aromatic nitrogens is 3. The van der Waals surface area contributed by atoms with Crippen molar-refractivity contribution in [2.45, 2.75) is 6.36 Å². The molecule has 0 atom stereocenters. The van der Waals surface area contributed by atoms with Crippen molar-refractivity contribution in [3.05, 3.63) is 65.8 Å². The van der Waals surface area contributed by atoms with E-state index in [1.807, 2.05) is 0 Å². The maximum Gasteiger partial charge on any atom is 0.573 e. The summed E-state index contributed by atoms with van der Waals surface area (Å²) in [6, 6.07) is 7.62. The van der Waals surface area contributed by atoms with Crippen LogP contribution in [0.4, 0.5) is 18.9 Å². The zero-order valence-electron chi connectivity index (χ0n) is 13.4. The van der Waals surface area contributed by atoms with Gasteiger partial charge in [0.25, 0.3) is 5.91 Å². The highest BCUT2D eigenvalue weighted by Gasteiger charge is 2.30. The molecule has 2 heterocycles.